The third-order valence-corrected chi connectivity index (χ3v) is 1.31. The fraction of sp³-hybridized carbons (Fsp3) is 0.714. The molecule has 1 rings (SSSR count). The first-order valence-corrected chi connectivity index (χ1v) is 3.51. The molecule has 0 aliphatic carbocycles. The normalized spacial score (nSPS) is 12.1. The van der Waals surface area contributed by atoms with E-state index in [9.17, 15) is 4.39 Å². The minimum Gasteiger partial charge on any atom is -0.216 e. The second kappa shape index (κ2) is 2.29. The molecule has 0 fully saturated rings. The Hall–Kier alpha value is -0.930. The first-order valence-electron chi connectivity index (χ1n) is 3.51. The zero-order valence-corrected chi connectivity index (χ0v) is 7.22. The average molecular weight is 157 g/mol. The van der Waals surface area contributed by atoms with Crippen LogP contribution in [0.4, 0.5) is 4.39 Å². The number of rotatable bonds is 0. The summed E-state index contributed by atoms with van der Waals surface area (Å²) in [6.07, 6.45) is -0.519. The summed E-state index contributed by atoms with van der Waals surface area (Å²) >= 11 is 0. The molecular formula is C7H12FN3. The van der Waals surface area contributed by atoms with Crippen molar-refractivity contribution in [3.05, 3.63) is 11.9 Å². The number of nitrogens with zero attached hydrogens (tertiary/aromatic N) is 3. The van der Waals surface area contributed by atoms with E-state index in [1.165, 1.54) is 4.68 Å². The Morgan fingerprint density at radius 2 is 1.91 bits per heavy atom. The lowest BCUT2D eigenvalue weighted by molar-refractivity contribution is 0.292. The van der Waals surface area contributed by atoms with Crippen LogP contribution in [0.15, 0.2) is 0 Å². The number of halogens is 1. The van der Waals surface area contributed by atoms with Crippen LogP contribution in [0, 0.1) is 13.0 Å². The molecule has 0 amide bonds. The molecule has 0 aliphatic rings. The van der Waals surface area contributed by atoms with Crippen molar-refractivity contribution in [3.8, 4) is 0 Å². The third-order valence-electron chi connectivity index (χ3n) is 1.31. The second-order valence-electron chi connectivity index (χ2n) is 3.51. The molecule has 0 unspecified atom stereocenters. The molecule has 62 valence electrons. The molecule has 1 heterocycles. The highest BCUT2D eigenvalue weighted by molar-refractivity contribution is 4.82. The average Bonchev–Trinajstić information content (AvgIpc) is 2.08. The molecule has 0 saturated carbocycles. The lowest BCUT2D eigenvalue weighted by Gasteiger charge is -2.17. The standard InChI is InChI=1S/C7H12FN3/c1-5-9-6(8)11(10-5)7(2,3)4/h1-4H3. The lowest BCUT2D eigenvalue weighted by atomic mass is 10.1. The van der Waals surface area contributed by atoms with Crippen LogP contribution in [0.2, 0.25) is 0 Å². The Labute approximate surface area is 65.2 Å². The lowest BCUT2D eigenvalue weighted by Crippen LogP contribution is -2.25. The van der Waals surface area contributed by atoms with Crippen molar-refractivity contribution in [1.82, 2.24) is 14.8 Å². The van der Waals surface area contributed by atoms with Crippen LogP contribution >= 0.6 is 0 Å². The molecule has 0 aromatic carbocycles. The minimum atomic E-state index is -0.519. The smallest absolute Gasteiger partial charge is 0.216 e. The maximum absolute atomic E-state index is 12.9. The summed E-state index contributed by atoms with van der Waals surface area (Å²) in [6, 6.07) is 0. The topological polar surface area (TPSA) is 30.7 Å². The molecule has 0 N–H and O–H groups in total. The molecule has 0 radical (unpaired) electrons. The maximum atomic E-state index is 12.9. The van der Waals surface area contributed by atoms with E-state index in [0.29, 0.717) is 5.82 Å². The fourth-order valence-electron chi connectivity index (χ4n) is 0.816. The summed E-state index contributed by atoms with van der Waals surface area (Å²) in [7, 11) is 0. The van der Waals surface area contributed by atoms with Gasteiger partial charge in [-0.3, -0.25) is 0 Å². The van der Waals surface area contributed by atoms with Crippen molar-refractivity contribution in [2.45, 2.75) is 33.2 Å². The molecule has 3 nitrogen and oxygen atoms in total. The van der Waals surface area contributed by atoms with Gasteiger partial charge in [-0.1, -0.05) is 0 Å². The van der Waals surface area contributed by atoms with Crippen LogP contribution in [-0.4, -0.2) is 14.8 Å². The van der Waals surface area contributed by atoms with Gasteiger partial charge in [0.1, 0.15) is 0 Å². The molecule has 4 heteroatoms. The second-order valence-corrected chi connectivity index (χ2v) is 3.51. The monoisotopic (exact) mass is 157 g/mol. The van der Waals surface area contributed by atoms with E-state index in [0.717, 1.165) is 0 Å². The van der Waals surface area contributed by atoms with Crippen LogP contribution in [0.5, 0.6) is 0 Å². The summed E-state index contributed by atoms with van der Waals surface area (Å²) < 4.78 is 14.2. The van der Waals surface area contributed by atoms with Crippen molar-refractivity contribution in [2.24, 2.45) is 0 Å². The van der Waals surface area contributed by atoms with Gasteiger partial charge in [-0.25, -0.2) is 4.68 Å². The van der Waals surface area contributed by atoms with Crippen molar-refractivity contribution in [2.75, 3.05) is 0 Å². The van der Waals surface area contributed by atoms with Crippen LogP contribution in [0.25, 0.3) is 0 Å². The van der Waals surface area contributed by atoms with Crippen LogP contribution < -0.4 is 0 Å². The Morgan fingerprint density at radius 1 is 1.36 bits per heavy atom. The van der Waals surface area contributed by atoms with E-state index in [1.807, 2.05) is 20.8 Å². The van der Waals surface area contributed by atoms with Gasteiger partial charge in [0, 0.05) is 0 Å². The van der Waals surface area contributed by atoms with E-state index in [-0.39, 0.29) is 5.54 Å². The van der Waals surface area contributed by atoms with E-state index in [4.69, 9.17) is 0 Å². The van der Waals surface area contributed by atoms with Gasteiger partial charge < -0.3 is 0 Å². The number of hydrogen-bond acceptors (Lipinski definition) is 2. The molecule has 0 aliphatic heterocycles. The van der Waals surface area contributed by atoms with Crippen molar-refractivity contribution in [3.63, 3.8) is 0 Å². The van der Waals surface area contributed by atoms with Gasteiger partial charge in [0.15, 0.2) is 5.82 Å². The van der Waals surface area contributed by atoms with Gasteiger partial charge in [-0.2, -0.15) is 14.5 Å². The molecule has 0 bridgehead atoms. The van der Waals surface area contributed by atoms with Gasteiger partial charge in [0.25, 0.3) is 0 Å². The van der Waals surface area contributed by atoms with E-state index < -0.39 is 6.08 Å². The van der Waals surface area contributed by atoms with E-state index >= 15 is 0 Å². The van der Waals surface area contributed by atoms with Crippen molar-refractivity contribution in [1.29, 1.82) is 0 Å². The van der Waals surface area contributed by atoms with Crippen LogP contribution in [-0.2, 0) is 5.54 Å². The third kappa shape index (κ3) is 1.56. The Kier molecular flexibility index (Phi) is 1.70. The van der Waals surface area contributed by atoms with Gasteiger partial charge in [-0.15, -0.1) is 0 Å². The van der Waals surface area contributed by atoms with Crippen molar-refractivity contribution >= 4 is 0 Å². The van der Waals surface area contributed by atoms with Gasteiger partial charge in [-0.05, 0) is 27.7 Å². The Balaban J connectivity index is 3.13. The fourth-order valence-corrected chi connectivity index (χ4v) is 0.816. The van der Waals surface area contributed by atoms with Crippen molar-refractivity contribution < 1.29 is 4.39 Å². The number of hydrogen-bond donors (Lipinski definition) is 0. The summed E-state index contributed by atoms with van der Waals surface area (Å²) in [4.78, 5) is 3.56. The molecular weight excluding hydrogens is 145 g/mol. The van der Waals surface area contributed by atoms with E-state index in [2.05, 4.69) is 10.1 Å². The van der Waals surface area contributed by atoms with Gasteiger partial charge >= 0.3 is 6.08 Å². The van der Waals surface area contributed by atoms with Gasteiger partial charge in [0.2, 0.25) is 0 Å². The number of aromatic nitrogens is 3. The predicted octanol–water partition coefficient (Wildman–Crippen LogP) is 1.48. The van der Waals surface area contributed by atoms with Crippen LogP contribution in [0.1, 0.15) is 26.6 Å². The molecule has 0 spiro atoms. The maximum Gasteiger partial charge on any atom is 0.307 e. The zero-order valence-electron chi connectivity index (χ0n) is 7.22. The highest BCUT2D eigenvalue weighted by Gasteiger charge is 2.19. The van der Waals surface area contributed by atoms with E-state index in [1.54, 1.807) is 6.92 Å². The summed E-state index contributed by atoms with van der Waals surface area (Å²) in [5, 5.41) is 3.91. The molecule has 1 aromatic heterocycles. The quantitative estimate of drug-likeness (QED) is 0.571. The summed E-state index contributed by atoms with van der Waals surface area (Å²) in [5.74, 6) is 0.470. The summed E-state index contributed by atoms with van der Waals surface area (Å²) in [5.41, 5.74) is -0.328. The molecule has 1 aromatic rings. The number of aryl methyl sites for hydroxylation is 1. The first-order chi connectivity index (χ1) is 4.91. The molecule has 0 atom stereocenters. The van der Waals surface area contributed by atoms with Crippen LogP contribution in [0.3, 0.4) is 0 Å². The highest BCUT2D eigenvalue weighted by Crippen LogP contribution is 2.13. The SMILES string of the molecule is Cc1nc(F)n(C(C)(C)C)n1. The Morgan fingerprint density at radius 3 is 2.09 bits per heavy atom. The van der Waals surface area contributed by atoms with Gasteiger partial charge in [0.05, 0.1) is 5.54 Å². The predicted molar refractivity (Wildman–Crippen MR) is 39.7 cm³/mol. The largest absolute Gasteiger partial charge is 0.307 e. The molecule has 11 heavy (non-hydrogen) atoms. The minimum absolute atomic E-state index is 0.328. The Bertz CT molecular complexity index is 259. The highest BCUT2D eigenvalue weighted by atomic mass is 19.1. The molecule has 0 saturated heterocycles. The summed E-state index contributed by atoms with van der Waals surface area (Å²) in [6.45, 7) is 7.31. The first kappa shape index (κ1) is 8.17. The zero-order chi connectivity index (χ0) is 8.65.